The molecule has 0 saturated carbocycles. The van der Waals surface area contributed by atoms with Crippen LogP contribution in [0.1, 0.15) is 6.92 Å². The highest BCUT2D eigenvalue weighted by atomic mass is 32.2. The fourth-order valence-corrected chi connectivity index (χ4v) is 1.76. The largest absolute Gasteiger partial charge is 0.461 e. The van der Waals surface area contributed by atoms with E-state index in [4.69, 9.17) is 9.47 Å². The maximum atomic E-state index is 11.6. The van der Waals surface area contributed by atoms with Gasteiger partial charge in [0.2, 0.25) is 0 Å². The van der Waals surface area contributed by atoms with Crippen LogP contribution in [0.5, 0.6) is 0 Å². The van der Waals surface area contributed by atoms with Crippen LogP contribution in [0.4, 0.5) is 0 Å². The quantitative estimate of drug-likeness (QED) is 0.547. The van der Waals surface area contributed by atoms with E-state index in [2.05, 4.69) is 11.6 Å². The van der Waals surface area contributed by atoms with Gasteiger partial charge in [0.05, 0.1) is 5.55 Å². The van der Waals surface area contributed by atoms with Crippen LogP contribution in [0.3, 0.4) is 0 Å². The fraction of sp³-hybridized carbons (Fsp3) is 0.364. The van der Waals surface area contributed by atoms with Crippen molar-refractivity contribution in [1.29, 1.82) is 0 Å². The molecule has 92 valence electrons. The van der Waals surface area contributed by atoms with E-state index in [-0.39, 0.29) is 18.9 Å². The summed E-state index contributed by atoms with van der Waals surface area (Å²) >= 11 is 1.43. The van der Waals surface area contributed by atoms with Crippen LogP contribution in [0.2, 0.25) is 0 Å². The molecule has 0 radical (unpaired) electrons. The van der Waals surface area contributed by atoms with Gasteiger partial charge in [-0.25, -0.2) is 9.79 Å². The summed E-state index contributed by atoms with van der Waals surface area (Å²) in [5.41, 5.74) is 2.44. The summed E-state index contributed by atoms with van der Waals surface area (Å²) in [5.74, 6) is -0.352. The number of nitrogens with zero attached hydrogens (tertiary/aromatic N) is 1. The van der Waals surface area contributed by atoms with Crippen molar-refractivity contribution in [2.24, 2.45) is 4.99 Å². The summed E-state index contributed by atoms with van der Waals surface area (Å²) in [5, 5.41) is 0. The Morgan fingerprint density at radius 3 is 3.00 bits per heavy atom. The monoisotopic (exact) mass is 255 g/mol. The zero-order valence-electron chi connectivity index (χ0n) is 9.47. The van der Waals surface area contributed by atoms with Crippen molar-refractivity contribution in [2.75, 3.05) is 19.0 Å². The third-order valence-corrected chi connectivity index (χ3v) is 2.59. The molecule has 0 bridgehead atoms. The lowest BCUT2D eigenvalue weighted by molar-refractivity contribution is -0.141. The predicted octanol–water partition coefficient (Wildman–Crippen LogP) is 1.31. The molecule has 0 amide bonds. The Labute approximate surface area is 104 Å². The van der Waals surface area contributed by atoms with E-state index in [0.29, 0.717) is 11.3 Å². The first-order valence-corrected chi connectivity index (χ1v) is 5.97. The van der Waals surface area contributed by atoms with Crippen LogP contribution in [0.15, 0.2) is 28.9 Å². The van der Waals surface area contributed by atoms with Gasteiger partial charge in [0.25, 0.3) is 0 Å². The third kappa shape index (κ3) is 4.44. The Balaban J connectivity index is 2.73. The van der Waals surface area contributed by atoms with E-state index in [1.807, 2.05) is 0 Å². The second-order valence-electron chi connectivity index (χ2n) is 3.17. The number of hydrogen-bond donors (Lipinski definition) is 0. The van der Waals surface area contributed by atoms with Gasteiger partial charge in [0, 0.05) is 18.2 Å². The molecule has 0 aromatic carbocycles. The lowest BCUT2D eigenvalue weighted by Gasteiger charge is -2.13. The Hall–Kier alpha value is -1.56. The van der Waals surface area contributed by atoms with Crippen LogP contribution in [-0.2, 0) is 19.1 Å². The molecule has 6 heteroatoms. The summed E-state index contributed by atoms with van der Waals surface area (Å²) < 4.78 is 9.74. The highest BCUT2D eigenvalue weighted by molar-refractivity contribution is 8.12. The molecule has 0 atom stereocenters. The Bertz CT molecular complexity index is 387. The van der Waals surface area contributed by atoms with Gasteiger partial charge in [-0.15, -0.1) is 11.8 Å². The Morgan fingerprint density at radius 2 is 2.35 bits per heavy atom. The molecule has 0 saturated heterocycles. The molecule has 0 aromatic rings. The molecule has 0 aliphatic carbocycles. The minimum absolute atomic E-state index is 0.0677. The lowest BCUT2D eigenvalue weighted by atomic mass is 10.2. The van der Waals surface area contributed by atoms with Crippen molar-refractivity contribution in [1.82, 2.24) is 0 Å². The molecule has 1 heterocycles. The van der Waals surface area contributed by atoms with E-state index < -0.39 is 11.9 Å². The fourth-order valence-electron chi connectivity index (χ4n) is 1.09. The summed E-state index contributed by atoms with van der Waals surface area (Å²) in [6.07, 6.45) is 1.48. The molecule has 17 heavy (non-hydrogen) atoms. The maximum absolute atomic E-state index is 11.6. The van der Waals surface area contributed by atoms with Crippen LogP contribution in [0, 0.1) is 0 Å². The SMILES string of the molecule is C=CCOC(=O)C1=C(COC(C)=O)CSC=N1. The standard InChI is InChI=1S/C11H13NO4S/c1-3-4-15-11(14)10-9(5-16-8(2)13)6-17-7-12-10/h3,7H,1,4-6H2,2H3. The maximum Gasteiger partial charge on any atom is 0.357 e. The van der Waals surface area contributed by atoms with Gasteiger partial charge in [-0.1, -0.05) is 12.7 Å². The second kappa shape index (κ2) is 6.90. The molecular formula is C11H13NO4S. The zero-order valence-corrected chi connectivity index (χ0v) is 10.3. The van der Waals surface area contributed by atoms with E-state index in [0.717, 1.165) is 0 Å². The molecule has 0 fully saturated rings. The molecule has 5 nitrogen and oxygen atoms in total. The van der Waals surface area contributed by atoms with Crippen LogP contribution in [-0.4, -0.2) is 36.5 Å². The molecular weight excluding hydrogens is 242 g/mol. The normalized spacial score (nSPS) is 14.4. The van der Waals surface area contributed by atoms with Gasteiger partial charge in [-0.2, -0.15) is 0 Å². The number of rotatable bonds is 5. The first kappa shape index (κ1) is 13.5. The highest BCUT2D eigenvalue weighted by Crippen LogP contribution is 2.19. The average molecular weight is 255 g/mol. The number of ether oxygens (including phenoxy) is 2. The van der Waals surface area contributed by atoms with Crippen LogP contribution in [0.25, 0.3) is 0 Å². The molecule has 0 unspecified atom stereocenters. The van der Waals surface area contributed by atoms with Crippen molar-refractivity contribution in [2.45, 2.75) is 6.92 Å². The third-order valence-electron chi connectivity index (χ3n) is 1.82. The van der Waals surface area contributed by atoms with Gasteiger partial charge >= 0.3 is 11.9 Å². The number of aliphatic imine (C=N–C) groups is 1. The summed E-state index contributed by atoms with van der Waals surface area (Å²) in [6.45, 7) is 4.96. The van der Waals surface area contributed by atoms with Gasteiger partial charge in [0.15, 0.2) is 5.70 Å². The lowest BCUT2D eigenvalue weighted by Crippen LogP contribution is -2.16. The van der Waals surface area contributed by atoms with Gasteiger partial charge < -0.3 is 9.47 Å². The summed E-state index contributed by atoms with van der Waals surface area (Å²) in [4.78, 5) is 26.3. The van der Waals surface area contributed by atoms with Crippen molar-refractivity contribution in [3.05, 3.63) is 23.9 Å². The Morgan fingerprint density at radius 1 is 1.59 bits per heavy atom. The molecule has 0 aromatic heterocycles. The minimum Gasteiger partial charge on any atom is -0.461 e. The van der Waals surface area contributed by atoms with E-state index in [1.165, 1.54) is 24.8 Å². The molecule has 1 aliphatic rings. The number of carbonyl (C=O) groups excluding carboxylic acids is 2. The van der Waals surface area contributed by atoms with Crippen LogP contribution < -0.4 is 0 Å². The number of thioether (sulfide) groups is 1. The number of esters is 2. The second-order valence-corrected chi connectivity index (χ2v) is 4.00. The molecule has 1 aliphatic heterocycles. The van der Waals surface area contributed by atoms with E-state index >= 15 is 0 Å². The smallest absolute Gasteiger partial charge is 0.357 e. The van der Waals surface area contributed by atoms with E-state index in [9.17, 15) is 9.59 Å². The predicted molar refractivity (Wildman–Crippen MR) is 65.8 cm³/mol. The van der Waals surface area contributed by atoms with Crippen molar-refractivity contribution in [3.8, 4) is 0 Å². The first-order valence-electron chi connectivity index (χ1n) is 4.92. The molecule has 0 N–H and O–H groups in total. The van der Waals surface area contributed by atoms with Crippen LogP contribution >= 0.6 is 11.8 Å². The van der Waals surface area contributed by atoms with E-state index in [1.54, 1.807) is 5.55 Å². The minimum atomic E-state index is -0.524. The van der Waals surface area contributed by atoms with Crippen molar-refractivity contribution >= 4 is 29.2 Å². The van der Waals surface area contributed by atoms with Crippen molar-refractivity contribution in [3.63, 3.8) is 0 Å². The van der Waals surface area contributed by atoms with Gasteiger partial charge in [-0.05, 0) is 0 Å². The number of carbonyl (C=O) groups is 2. The average Bonchev–Trinajstić information content (AvgIpc) is 2.33. The van der Waals surface area contributed by atoms with Gasteiger partial charge in [0.1, 0.15) is 13.2 Å². The summed E-state index contributed by atoms with van der Waals surface area (Å²) in [7, 11) is 0. The van der Waals surface area contributed by atoms with Gasteiger partial charge in [-0.3, -0.25) is 4.79 Å². The Kier molecular flexibility index (Phi) is 5.48. The molecule has 1 rings (SSSR count). The zero-order chi connectivity index (χ0) is 12.7. The molecule has 0 spiro atoms. The van der Waals surface area contributed by atoms with Crippen molar-refractivity contribution < 1.29 is 19.1 Å². The first-order chi connectivity index (χ1) is 8.15. The topological polar surface area (TPSA) is 65.0 Å². The highest BCUT2D eigenvalue weighted by Gasteiger charge is 2.19. The number of hydrogen-bond acceptors (Lipinski definition) is 6. The summed E-state index contributed by atoms with van der Waals surface area (Å²) in [6, 6.07) is 0.